The van der Waals surface area contributed by atoms with Crippen molar-refractivity contribution in [1.82, 2.24) is 10.2 Å². The molecule has 2 amide bonds. The molecule has 1 N–H and O–H groups in total. The van der Waals surface area contributed by atoms with Crippen LogP contribution < -0.4 is 10.2 Å². The molecule has 6 heteroatoms. The van der Waals surface area contributed by atoms with Gasteiger partial charge in [-0.3, -0.25) is 14.4 Å². The van der Waals surface area contributed by atoms with Crippen LogP contribution in [-0.4, -0.2) is 41.6 Å². The largest absolute Gasteiger partial charge is 0.370 e. The average Bonchev–Trinajstić information content (AvgIpc) is 3.47. The number of carbonyl (C=O) groups excluding carboxylic acids is 3. The number of carbonyl (C=O) groups is 3. The second-order valence-electron chi connectivity index (χ2n) is 7.98. The maximum atomic E-state index is 13.2. The smallest absolute Gasteiger partial charge is 0.257 e. The van der Waals surface area contributed by atoms with Gasteiger partial charge in [0.2, 0.25) is 5.91 Å². The number of imide groups is 1. The van der Waals surface area contributed by atoms with Crippen LogP contribution in [0.4, 0.5) is 5.69 Å². The topological polar surface area (TPSA) is 69.7 Å². The Morgan fingerprint density at radius 2 is 1.61 bits per heavy atom. The minimum absolute atomic E-state index is 0.0231. The number of hydrogen-bond donors (Lipinski definition) is 1. The second-order valence-corrected chi connectivity index (χ2v) is 7.98. The third-order valence-corrected chi connectivity index (χ3v) is 6.08. The summed E-state index contributed by atoms with van der Waals surface area (Å²) in [7, 11) is 0. The van der Waals surface area contributed by atoms with E-state index in [-0.39, 0.29) is 24.0 Å². The van der Waals surface area contributed by atoms with Gasteiger partial charge in [-0.05, 0) is 36.6 Å². The van der Waals surface area contributed by atoms with E-state index in [2.05, 4.69) is 5.32 Å². The molecule has 0 unspecified atom stereocenters. The summed E-state index contributed by atoms with van der Waals surface area (Å²) in [6, 6.07) is 18.2. The van der Waals surface area contributed by atoms with Gasteiger partial charge in [-0.15, -0.1) is 0 Å². The highest BCUT2D eigenvalue weighted by atomic mass is 16.2. The zero-order valence-corrected chi connectivity index (χ0v) is 17.1. The standard InChI is InChI=1S/C25H23N3O3/c29-22-16-21(25(31)28(22)19-9-5-2-6-10-19)27-14-13-26-24(27)20-12-11-18(23(20)30)15-17-7-3-1-4-8-17/h1-10,15,21,26H,11-14,16H2/b18-15+,24-20?/t21-/m1/s1. The Bertz CT molecular complexity index is 1110. The quantitative estimate of drug-likeness (QED) is 0.619. The number of allylic oxidation sites excluding steroid dienone is 2. The van der Waals surface area contributed by atoms with Crippen molar-refractivity contribution in [1.29, 1.82) is 0 Å². The summed E-state index contributed by atoms with van der Waals surface area (Å²) in [4.78, 5) is 42.2. The van der Waals surface area contributed by atoms with E-state index in [1.54, 1.807) is 12.1 Å². The molecule has 1 aliphatic carbocycles. The Morgan fingerprint density at radius 1 is 0.903 bits per heavy atom. The number of Topliss-reactive ketones (excluding diaryl/α,β-unsaturated/α-hetero) is 1. The number of para-hydroxylation sites is 1. The minimum atomic E-state index is -0.583. The van der Waals surface area contributed by atoms with Gasteiger partial charge in [-0.2, -0.15) is 0 Å². The summed E-state index contributed by atoms with van der Waals surface area (Å²) < 4.78 is 0. The molecule has 2 aliphatic heterocycles. The van der Waals surface area contributed by atoms with Gasteiger partial charge in [-0.1, -0.05) is 48.5 Å². The summed E-state index contributed by atoms with van der Waals surface area (Å²) in [6.45, 7) is 1.24. The van der Waals surface area contributed by atoms with Crippen LogP contribution in [-0.2, 0) is 14.4 Å². The molecule has 0 aromatic heterocycles. The van der Waals surface area contributed by atoms with Crippen LogP contribution >= 0.6 is 0 Å². The van der Waals surface area contributed by atoms with Crippen molar-refractivity contribution in [2.75, 3.05) is 18.0 Å². The number of hydrogen-bond acceptors (Lipinski definition) is 5. The predicted molar refractivity (Wildman–Crippen MR) is 118 cm³/mol. The number of amides is 2. The number of rotatable bonds is 3. The van der Waals surface area contributed by atoms with E-state index >= 15 is 0 Å². The molecule has 1 saturated carbocycles. The van der Waals surface area contributed by atoms with E-state index in [9.17, 15) is 14.4 Å². The first-order valence-corrected chi connectivity index (χ1v) is 10.6. The first-order chi connectivity index (χ1) is 15.1. The number of anilines is 1. The van der Waals surface area contributed by atoms with Crippen molar-refractivity contribution >= 4 is 29.4 Å². The van der Waals surface area contributed by atoms with Crippen LogP contribution in [0, 0.1) is 0 Å². The summed E-state index contributed by atoms with van der Waals surface area (Å²) in [5.74, 6) is 0.292. The SMILES string of the molecule is O=C1C(=C2NCCN2[C@@H]2CC(=O)N(c3ccccc3)C2=O)CC/C1=C\c1ccccc1. The van der Waals surface area contributed by atoms with Gasteiger partial charge in [0.05, 0.1) is 12.1 Å². The first kappa shape index (κ1) is 19.3. The lowest BCUT2D eigenvalue weighted by atomic mass is 10.1. The highest BCUT2D eigenvalue weighted by molar-refractivity contribution is 6.22. The number of benzene rings is 2. The zero-order chi connectivity index (χ0) is 21.4. The Labute approximate surface area is 180 Å². The molecule has 0 bridgehead atoms. The molecule has 1 atom stereocenters. The van der Waals surface area contributed by atoms with Crippen LogP contribution in [0.1, 0.15) is 24.8 Å². The molecule has 0 radical (unpaired) electrons. The minimum Gasteiger partial charge on any atom is -0.370 e. The van der Waals surface area contributed by atoms with E-state index in [0.29, 0.717) is 43.0 Å². The van der Waals surface area contributed by atoms with E-state index in [1.807, 2.05) is 59.5 Å². The van der Waals surface area contributed by atoms with Gasteiger partial charge in [0, 0.05) is 24.2 Å². The number of nitrogens with zero attached hydrogens (tertiary/aromatic N) is 2. The lowest BCUT2D eigenvalue weighted by Gasteiger charge is -2.26. The van der Waals surface area contributed by atoms with Gasteiger partial charge < -0.3 is 10.2 Å². The van der Waals surface area contributed by atoms with Crippen molar-refractivity contribution in [2.45, 2.75) is 25.3 Å². The van der Waals surface area contributed by atoms with Crippen LogP contribution in [0.15, 0.2) is 77.6 Å². The van der Waals surface area contributed by atoms with Gasteiger partial charge in [-0.25, -0.2) is 4.90 Å². The van der Waals surface area contributed by atoms with E-state index in [1.165, 1.54) is 4.90 Å². The molecule has 2 aromatic carbocycles. The van der Waals surface area contributed by atoms with Gasteiger partial charge in [0.15, 0.2) is 5.78 Å². The molecular formula is C25H23N3O3. The van der Waals surface area contributed by atoms with Gasteiger partial charge >= 0.3 is 0 Å². The molecule has 2 heterocycles. The Balaban J connectivity index is 1.42. The highest BCUT2D eigenvalue weighted by Gasteiger charge is 2.45. The monoisotopic (exact) mass is 413 g/mol. The molecule has 5 rings (SSSR count). The normalized spacial score (nSPS) is 25.1. The fraction of sp³-hybridized carbons (Fsp3) is 0.240. The van der Waals surface area contributed by atoms with Crippen LogP contribution in [0.2, 0.25) is 0 Å². The van der Waals surface area contributed by atoms with Crippen LogP contribution in [0.5, 0.6) is 0 Å². The number of nitrogens with one attached hydrogen (secondary N) is 1. The molecule has 2 aromatic rings. The van der Waals surface area contributed by atoms with Gasteiger partial charge in [0.1, 0.15) is 11.9 Å². The van der Waals surface area contributed by atoms with Crippen molar-refractivity contribution in [3.8, 4) is 0 Å². The van der Waals surface area contributed by atoms with Crippen LogP contribution in [0.3, 0.4) is 0 Å². The van der Waals surface area contributed by atoms with E-state index in [0.717, 1.165) is 11.1 Å². The average molecular weight is 413 g/mol. The van der Waals surface area contributed by atoms with Crippen molar-refractivity contribution in [2.24, 2.45) is 0 Å². The summed E-state index contributed by atoms with van der Waals surface area (Å²) >= 11 is 0. The lowest BCUT2D eigenvalue weighted by Crippen LogP contribution is -2.41. The van der Waals surface area contributed by atoms with Crippen LogP contribution in [0.25, 0.3) is 6.08 Å². The molecule has 3 aliphatic rings. The molecule has 31 heavy (non-hydrogen) atoms. The van der Waals surface area contributed by atoms with Crippen molar-refractivity contribution in [3.63, 3.8) is 0 Å². The maximum Gasteiger partial charge on any atom is 0.257 e. The highest BCUT2D eigenvalue weighted by Crippen LogP contribution is 2.34. The lowest BCUT2D eigenvalue weighted by molar-refractivity contribution is -0.122. The molecule has 3 fully saturated rings. The molecular weight excluding hydrogens is 390 g/mol. The first-order valence-electron chi connectivity index (χ1n) is 10.6. The summed E-state index contributed by atoms with van der Waals surface area (Å²) in [5.41, 5.74) is 3.08. The summed E-state index contributed by atoms with van der Waals surface area (Å²) in [5, 5.41) is 3.31. The van der Waals surface area contributed by atoms with E-state index in [4.69, 9.17) is 0 Å². The predicted octanol–water partition coefficient (Wildman–Crippen LogP) is 2.88. The van der Waals surface area contributed by atoms with Crippen molar-refractivity contribution in [3.05, 3.63) is 83.2 Å². The Morgan fingerprint density at radius 3 is 2.35 bits per heavy atom. The molecule has 6 nitrogen and oxygen atoms in total. The molecule has 0 spiro atoms. The third-order valence-electron chi connectivity index (χ3n) is 6.08. The molecule has 156 valence electrons. The zero-order valence-electron chi connectivity index (χ0n) is 17.1. The summed E-state index contributed by atoms with van der Waals surface area (Å²) in [6.07, 6.45) is 3.37. The Kier molecular flexibility index (Phi) is 4.90. The second kappa shape index (κ2) is 7.87. The maximum absolute atomic E-state index is 13.2. The molecule has 2 saturated heterocycles. The fourth-order valence-electron chi connectivity index (χ4n) is 4.60. The van der Waals surface area contributed by atoms with Crippen molar-refractivity contribution < 1.29 is 14.4 Å². The number of ketones is 1. The third kappa shape index (κ3) is 3.44. The fourth-order valence-corrected chi connectivity index (χ4v) is 4.60. The van der Waals surface area contributed by atoms with E-state index < -0.39 is 6.04 Å². The Hall–Kier alpha value is -3.67. The van der Waals surface area contributed by atoms with Gasteiger partial charge in [0.25, 0.3) is 5.91 Å².